The van der Waals surface area contributed by atoms with E-state index in [9.17, 15) is 4.79 Å². The summed E-state index contributed by atoms with van der Waals surface area (Å²) >= 11 is 0. The third kappa shape index (κ3) is 4.64. The lowest BCUT2D eigenvalue weighted by atomic mass is 9.80. The Balaban J connectivity index is 1.50. The van der Waals surface area contributed by atoms with Crippen LogP contribution in [0.3, 0.4) is 0 Å². The molecule has 2 fully saturated rings. The molecular formula is C22H29N5O3. The van der Waals surface area contributed by atoms with Gasteiger partial charge in [0.2, 0.25) is 0 Å². The Morgan fingerprint density at radius 2 is 2.10 bits per heavy atom. The molecule has 0 aliphatic carbocycles. The topological polar surface area (TPSA) is 81.0 Å². The van der Waals surface area contributed by atoms with Gasteiger partial charge in [-0.25, -0.2) is 9.79 Å². The molecule has 8 nitrogen and oxygen atoms in total. The fourth-order valence-electron chi connectivity index (χ4n) is 4.18. The summed E-state index contributed by atoms with van der Waals surface area (Å²) < 4.78 is 12.7. The number of aromatic nitrogens is 2. The first-order chi connectivity index (χ1) is 14.6. The number of ether oxygens (including phenoxy) is 2. The molecule has 0 saturated carbocycles. The van der Waals surface area contributed by atoms with Crippen LogP contribution in [-0.2, 0) is 16.5 Å². The molecule has 0 radical (unpaired) electrons. The molecule has 4 heterocycles. The molecule has 2 amide bonds. The number of urea groups is 1. The van der Waals surface area contributed by atoms with Gasteiger partial charge in [0.15, 0.2) is 0 Å². The first-order valence-electron chi connectivity index (χ1n) is 10.4. The molecule has 30 heavy (non-hydrogen) atoms. The highest BCUT2D eigenvalue weighted by Gasteiger charge is 2.41. The number of amides is 2. The first kappa shape index (κ1) is 20.4. The Bertz CT molecular complexity index is 906. The molecule has 1 aromatic heterocycles. The molecule has 4 rings (SSSR count). The third-order valence-electron chi connectivity index (χ3n) is 6.09. The number of hydrogen-bond acceptors (Lipinski definition) is 5. The fraction of sp³-hybridized carbons (Fsp3) is 0.500. The monoisotopic (exact) mass is 411 g/mol. The number of hydrogen-bond donors (Lipinski definition) is 1. The Labute approximate surface area is 176 Å². The normalized spacial score (nSPS) is 23.0. The molecule has 1 N–H and O–H groups in total. The number of rotatable bonds is 2. The van der Waals surface area contributed by atoms with E-state index < -0.39 is 0 Å². The summed E-state index contributed by atoms with van der Waals surface area (Å²) in [5, 5.41) is 7.24. The maximum atomic E-state index is 12.9. The molecule has 0 unspecified atom stereocenters. The van der Waals surface area contributed by atoms with E-state index in [-0.39, 0.29) is 11.4 Å². The largest absolute Gasteiger partial charge is 0.497 e. The van der Waals surface area contributed by atoms with Crippen molar-refractivity contribution in [1.29, 1.82) is 0 Å². The minimum absolute atomic E-state index is 0.0898. The highest BCUT2D eigenvalue weighted by molar-refractivity contribution is 5.99. The summed E-state index contributed by atoms with van der Waals surface area (Å²) in [4.78, 5) is 19.4. The van der Waals surface area contributed by atoms with Crippen molar-refractivity contribution in [1.82, 2.24) is 20.0 Å². The van der Waals surface area contributed by atoms with E-state index in [0.717, 1.165) is 62.5 Å². The van der Waals surface area contributed by atoms with Crippen molar-refractivity contribution in [2.45, 2.75) is 25.7 Å². The Morgan fingerprint density at radius 3 is 2.83 bits per heavy atom. The summed E-state index contributed by atoms with van der Waals surface area (Å²) in [7, 11) is 3.51. The molecule has 0 atom stereocenters. The molecule has 0 bridgehead atoms. The van der Waals surface area contributed by atoms with Crippen LogP contribution < -0.4 is 5.32 Å². The number of amidine groups is 1. The molecule has 1 spiro atoms. The van der Waals surface area contributed by atoms with Crippen LogP contribution in [0.2, 0.25) is 0 Å². The molecule has 1 aromatic rings. The smallest absolute Gasteiger partial charge is 0.322 e. The summed E-state index contributed by atoms with van der Waals surface area (Å²) in [5.74, 6) is 1.31. The Hall–Kier alpha value is -2.87. The number of carbonyl (C=O) groups excluding carboxylic acids is 1. The zero-order chi connectivity index (χ0) is 21.0. The maximum absolute atomic E-state index is 12.9. The second-order valence-corrected chi connectivity index (χ2v) is 8.13. The summed E-state index contributed by atoms with van der Waals surface area (Å²) in [6, 6.07) is -0.0898. The van der Waals surface area contributed by atoms with Crippen LogP contribution in [0.4, 0.5) is 4.79 Å². The molecule has 0 aromatic carbocycles. The van der Waals surface area contributed by atoms with Crippen molar-refractivity contribution in [3.63, 3.8) is 0 Å². The van der Waals surface area contributed by atoms with Crippen LogP contribution in [-0.4, -0.2) is 60.0 Å². The van der Waals surface area contributed by atoms with Gasteiger partial charge >= 0.3 is 6.03 Å². The molecular weight excluding hydrogens is 382 g/mol. The maximum Gasteiger partial charge on any atom is 0.322 e. The van der Waals surface area contributed by atoms with Gasteiger partial charge in [0.1, 0.15) is 11.6 Å². The Kier molecular flexibility index (Phi) is 6.03. The number of likely N-dealkylation sites (tertiary alicyclic amines) is 1. The molecule has 3 aliphatic heterocycles. The predicted octanol–water partition coefficient (Wildman–Crippen LogP) is 2.86. The number of aryl methyl sites for hydroxylation is 1. The SMILES string of the molecule is COC1=CCC(NC(=O)N2CCC3(CCOCC3)C2)=N/C=C(/c2cnn(C)c2)C=C1. The summed E-state index contributed by atoms with van der Waals surface area (Å²) in [6.45, 7) is 3.15. The van der Waals surface area contributed by atoms with Crippen LogP contribution in [0, 0.1) is 5.41 Å². The number of methoxy groups -OCH3 is 1. The lowest BCUT2D eigenvalue weighted by Gasteiger charge is -2.33. The standard InChI is InChI=1S/C22H29N5O3/c1-26-15-18(14-24-26)17-3-4-19(29-2)5-6-20(23-13-17)25-21(28)27-10-7-22(16-27)8-11-30-12-9-22/h3-5,13-15H,6-12,16H2,1-2H3,(H,23,25,28)/b4-3?,17-13+,19-5?. The number of nitrogens with one attached hydrogen (secondary N) is 1. The molecule has 160 valence electrons. The van der Waals surface area contributed by atoms with Crippen LogP contribution in [0.1, 0.15) is 31.2 Å². The van der Waals surface area contributed by atoms with E-state index in [4.69, 9.17) is 9.47 Å². The highest BCUT2D eigenvalue weighted by atomic mass is 16.5. The van der Waals surface area contributed by atoms with Gasteiger partial charge in [-0.15, -0.1) is 0 Å². The van der Waals surface area contributed by atoms with Gasteiger partial charge in [-0.2, -0.15) is 5.10 Å². The van der Waals surface area contributed by atoms with E-state index in [1.165, 1.54) is 0 Å². The summed E-state index contributed by atoms with van der Waals surface area (Å²) in [5.41, 5.74) is 2.06. The number of nitrogens with zero attached hydrogens (tertiary/aromatic N) is 4. The zero-order valence-corrected chi connectivity index (χ0v) is 17.6. The zero-order valence-electron chi connectivity index (χ0n) is 17.6. The minimum atomic E-state index is -0.0898. The number of carbonyl (C=O) groups is 1. The van der Waals surface area contributed by atoms with E-state index in [1.54, 1.807) is 24.2 Å². The molecule has 3 aliphatic rings. The highest BCUT2D eigenvalue weighted by Crippen LogP contribution is 2.39. The van der Waals surface area contributed by atoms with E-state index in [2.05, 4.69) is 15.4 Å². The van der Waals surface area contributed by atoms with Crippen molar-refractivity contribution in [3.05, 3.63) is 48.1 Å². The van der Waals surface area contributed by atoms with Gasteiger partial charge < -0.3 is 14.4 Å². The summed E-state index contributed by atoms with van der Waals surface area (Å²) in [6.07, 6.45) is 14.8. The second-order valence-electron chi connectivity index (χ2n) is 8.13. The van der Waals surface area contributed by atoms with Gasteiger partial charge in [0.25, 0.3) is 0 Å². The van der Waals surface area contributed by atoms with E-state index in [1.807, 2.05) is 36.4 Å². The van der Waals surface area contributed by atoms with Gasteiger partial charge in [0.05, 0.1) is 13.3 Å². The van der Waals surface area contributed by atoms with Crippen molar-refractivity contribution in [3.8, 4) is 0 Å². The second kappa shape index (κ2) is 8.87. The number of allylic oxidation sites excluding steroid dienone is 3. The van der Waals surface area contributed by atoms with Crippen molar-refractivity contribution >= 4 is 17.4 Å². The van der Waals surface area contributed by atoms with E-state index in [0.29, 0.717) is 12.3 Å². The van der Waals surface area contributed by atoms with Crippen molar-refractivity contribution in [2.24, 2.45) is 17.5 Å². The van der Waals surface area contributed by atoms with Gasteiger partial charge in [-0.3, -0.25) is 10.00 Å². The predicted molar refractivity (Wildman–Crippen MR) is 115 cm³/mol. The third-order valence-corrected chi connectivity index (χ3v) is 6.09. The average Bonchev–Trinajstić information content (AvgIpc) is 3.38. The van der Waals surface area contributed by atoms with Crippen molar-refractivity contribution in [2.75, 3.05) is 33.4 Å². The van der Waals surface area contributed by atoms with Gasteiger partial charge in [-0.05, 0) is 42.9 Å². The van der Waals surface area contributed by atoms with E-state index >= 15 is 0 Å². The molecule has 8 heteroatoms. The lowest BCUT2D eigenvalue weighted by molar-refractivity contribution is 0.0209. The fourth-order valence-corrected chi connectivity index (χ4v) is 4.18. The first-order valence-corrected chi connectivity index (χ1v) is 10.4. The van der Waals surface area contributed by atoms with Crippen LogP contribution in [0.5, 0.6) is 0 Å². The molecule has 2 saturated heterocycles. The average molecular weight is 412 g/mol. The quantitative estimate of drug-likeness (QED) is 0.811. The van der Waals surface area contributed by atoms with Crippen molar-refractivity contribution < 1.29 is 14.3 Å². The van der Waals surface area contributed by atoms with Gasteiger partial charge in [0, 0.05) is 63.3 Å². The van der Waals surface area contributed by atoms with Gasteiger partial charge in [-0.1, -0.05) is 0 Å². The van der Waals surface area contributed by atoms with Crippen LogP contribution in [0.15, 0.2) is 47.6 Å². The number of aliphatic imine (C=N–C) groups is 1. The van der Waals surface area contributed by atoms with Crippen LogP contribution >= 0.6 is 0 Å². The Morgan fingerprint density at radius 1 is 1.27 bits per heavy atom. The minimum Gasteiger partial charge on any atom is -0.497 e. The lowest BCUT2D eigenvalue weighted by Crippen LogP contribution is -2.43. The van der Waals surface area contributed by atoms with Crippen LogP contribution in [0.25, 0.3) is 5.57 Å².